The number of unbranched alkanes of at least 4 members (excludes halogenated alkanes) is 1. The maximum Gasteiger partial charge on any atom is 0.364 e. The van der Waals surface area contributed by atoms with E-state index in [1.54, 1.807) is 12.4 Å². The van der Waals surface area contributed by atoms with Gasteiger partial charge in [0.15, 0.2) is 12.6 Å². The van der Waals surface area contributed by atoms with E-state index in [-0.39, 0.29) is 208 Å². The molecule has 0 bridgehead atoms. The Morgan fingerprint density at radius 1 is 0.438 bits per heavy atom. The van der Waals surface area contributed by atoms with Crippen molar-refractivity contribution in [3.05, 3.63) is 52.9 Å². The molecule has 0 unspecified atom stereocenters. The van der Waals surface area contributed by atoms with Gasteiger partial charge in [-0.15, -0.1) is 10.2 Å². The summed E-state index contributed by atoms with van der Waals surface area (Å²) in [6, 6.07) is -4.31. The van der Waals surface area contributed by atoms with Crippen molar-refractivity contribution in [2.24, 2.45) is 0 Å². The molecule has 6 amide bonds. The highest BCUT2D eigenvalue weighted by Crippen LogP contribution is 2.38. The molecule has 56 nitrogen and oxygen atoms in total. The van der Waals surface area contributed by atoms with Gasteiger partial charge < -0.3 is 204 Å². The van der Waals surface area contributed by atoms with E-state index in [9.17, 15) is 157 Å². The standard InChI is InChI=1S/C83H129F5N12O44/c84-59-60(85)62(87)74(63(88)61(59)86)142-58(114)10-18-130-26-30-134-32-33-135-31-27-131-21-13-91-77(123)46(4-1-2-11-89-53(109)8-16-128-24-28-132-22-14-99-36-44(95-97-99)6-19-136-78-72(121)70(119)68(117)51(140-78)42-138-82(80(124)125)34-47(105)64(93-56(112)40-103)75(143-82)66(115)49(107)38-101)92-55(111)5-3-12-90-54(110)9-17-129-25-29-133-23-15-100-37-45(96-98-100)7-20-137-79-73(122)71(120)69(118)52(141-79)43-139-83(81(126)127)35-48(106)65(94-57(113)41-104)76(144-83)67(116)50(108)39-102/h36-37,46-52,64-73,75-76,78-79,101-108,115-122H,1-35,38-43H2,(H,89,109)(H,90,110)(H,91,123)(H,92,111)(H,93,112)(H,94,113)(H,124,125)(H,126,127)/t46-,47-,48-,49+,50+,51-,52-,64+,65+,66+,67+,68+,69+,70+,71+,72-,73-,75+,76+,78-,79-,82-,83-/m1/s1. The van der Waals surface area contributed by atoms with E-state index in [0.29, 0.717) is 24.2 Å². The first-order chi connectivity index (χ1) is 68.8. The average Bonchev–Trinajstić information content (AvgIpc) is 0.849. The van der Waals surface area contributed by atoms with E-state index in [0.717, 1.165) is 0 Å². The molecule has 7 rings (SSSR count). The van der Waals surface area contributed by atoms with E-state index in [4.69, 9.17) is 75.8 Å². The van der Waals surface area contributed by atoms with Crippen molar-refractivity contribution in [3.63, 3.8) is 0 Å². The van der Waals surface area contributed by atoms with Crippen LogP contribution in [0.5, 0.6) is 5.75 Å². The number of carboxylic acids is 2. The number of halogens is 5. The third-order valence-electron chi connectivity index (χ3n) is 22.2. The number of aliphatic hydroxyl groups excluding tert-OH is 16. The normalized spacial score (nSPS) is 25.5. The molecule has 4 saturated heterocycles. The zero-order valence-corrected chi connectivity index (χ0v) is 78.0. The van der Waals surface area contributed by atoms with E-state index in [2.05, 4.69) is 57.3 Å². The van der Waals surface area contributed by atoms with Crippen LogP contribution in [-0.2, 0) is 145 Å². The maximum atomic E-state index is 13.8. The lowest BCUT2D eigenvalue weighted by Crippen LogP contribution is -2.68. The van der Waals surface area contributed by atoms with Gasteiger partial charge in [0, 0.05) is 77.0 Å². The third-order valence-corrected chi connectivity index (χ3v) is 22.2. The Balaban J connectivity index is 0.745. The number of carbonyl (C=O) groups excluding carboxylic acids is 7. The smallest absolute Gasteiger partial charge is 0.364 e. The first-order valence-corrected chi connectivity index (χ1v) is 45.9. The fraction of sp³-hybridized carbons (Fsp3) is 0.771. The highest BCUT2D eigenvalue weighted by atomic mass is 19.2. The van der Waals surface area contributed by atoms with Gasteiger partial charge in [0.2, 0.25) is 70.3 Å². The van der Waals surface area contributed by atoms with Crippen molar-refractivity contribution in [3.8, 4) is 5.75 Å². The molecule has 4 fully saturated rings. The van der Waals surface area contributed by atoms with E-state index >= 15 is 0 Å². The Labute approximate surface area is 817 Å². The molecule has 23 atom stereocenters. The number of hydrogen-bond acceptors (Lipinski definition) is 46. The highest BCUT2D eigenvalue weighted by molar-refractivity contribution is 5.87. The summed E-state index contributed by atoms with van der Waals surface area (Å²) in [6.45, 7) is -4.80. The second-order valence-electron chi connectivity index (χ2n) is 32.9. The van der Waals surface area contributed by atoms with Crippen LogP contribution in [0, 0.1) is 29.1 Å². The number of rotatable bonds is 71. The fourth-order valence-electron chi connectivity index (χ4n) is 14.4. The SMILES string of the molecule is O=C(CCOCCOCCn1cc(CCO[C@@H]2O[C@H](CO[C@]3(C(=O)O)C[C@@H](O)[C@H](NC(=O)CO)[C@@H]([C@@H](O)[C@@H](O)CO)O3)[C@H](O)[C@H](O)[C@H]2O)nn1)NCCCC[C@@H](NC(=O)CCCNC(=O)CCOCCOCCn1cc(CCO[C@@H]2O[C@H](CO[C@]3(C(=O)O)C[C@@H](O)[C@H](NC(=O)CO)[C@@H]([C@@H](O)[C@@H](O)CO)O3)[C@H](O)[C@H](O)[C@H]2O)nn1)C(=O)NCCOCCOCCOCCOCCC(=O)Oc1c(F)c(F)c(F)c(F)c1F. The van der Waals surface area contributed by atoms with Gasteiger partial charge in [0.1, 0.15) is 105 Å². The first kappa shape index (κ1) is 122. The average molecular weight is 2090 g/mol. The zero-order valence-electron chi connectivity index (χ0n) is 78.0. The van der Waals surface area contributed by atoms with Crippen molar-refractivity contribution >= 4 is 53.4 Å². The number of nitrogens with one attached hydrogen (secondary N) is 6. The molecule has 0 aliphatic carbocycles. The number of aromatic nitrogens is 6. The molecule has 1 aromatic carbocycles. The summed E-state index contributed by atoms with van der Waals surface area (Å²) in [5.74, 6) is -28.1. The summed E-state index contributed by atoms with van der Waals surface area (Å²) >= 11 is 0. The molecule has 61 heteroatoms. The van der Waals surface area contributed by atoms with Crippen molar-refractivity contribution in [1.82, 2.24) is 61.9 Å². The quantitative estimate of drug-likeness (QED) is 0.00623. The van der Waals surface area contributed by atoms with Gasteiger partial charge >= 0.3 is 17.9 Å². The molecule has 6 heterocycles. The lowest BCUT2D eigenvalue weighted by Gasteiger charge is -2.47. The number of amides is 6. The van der Waals surface area contributed by atoms with Gasteiger partial charge in [-0.05, 0) is 25.7 Å². The Hall–Kier alpha value is -8.90. The molecule has 2 aromatic heterocycles. The number of ether oxygens (including phenoxy) is 17. The summed E-state index contributed by atoms with van der Waals surface area (Å²) in [5.41, 5.74) is 0.800. The van der Waals surface area contributed by atoms with Gasteiger partial charge in [0.05, 0.1) is 201 Å². The number of nitrogens with zero attached hydrogens (tertiary/aromatic N) is 6. The number of hydrogen-bond donors (Lipinski definition) is 24. The molecule has 820 valence electrons. The molecule has 0 radical (unpaired) electrons. The van der Waals surface area contributed by atoms with Crippen LogP contribution in [0.25, 0.3) is 0 Å². The third kappa shape index (κ3) is 39.0. The second-order valence-corrected chi connectivity index (χ2v) is 32.9. The van der Waals surface area contributed by atoms with Crippen LogP contribution >= 0.6 is 0 Å². The van der Waals surface area contributed by atoms with Gasteiger partial charge in [-0.25, -0.2) is 32.1 Å². The Morgan fingerprint density at radius 2 is 0.826 bits per heavy atom. The van der Waals surface area contributed by atoms with E-state index < -0.39 is 275 Å². The number of benzene rings is 1. The minimum Gasteiger partial charge on any atom is -0.477 e. The first-order valence-electron chi connectivity index (χ1n) is 45.9. The molecule has 4 aliphatic rings. The minimum atomic E-state index is -2.87. The van der Waals surface area contributed by atoms with Crippen molar-refractivity contribution in [1.29, 1.82) is 0 Å². The summed E-state index contributed by atoms with van der Waals surface area (Å²) in [5, 5.41) is 217. The van der Waals surface area contributed by atoms with Gasteiger partial charge in [-0.1, -0.05) is 10.4 Å². The van der Waals surface area contributed by atoms with Crippen molar-refractivity contribution in [2.75, 3.05) is 178 Å². The van der Waals surface area contributed by atoms with Crippen LogP contribution in [-0.4, -0.2) is 493 Å². The van der Waals surface area contributed by atoms with Crippen LogP contribution in [0.2, 0.25) is 0 Å². The van der Waals surface area contributed by atoms with Crippen molar-refractivity contribution in [2.45, 2.75) is 230 Å². The van der Waals surface area contributed by atoms with Gasteiger partial charge in [-0.3, -0.25) is 33.6 Å². The number of esters is 1. The van der Waals surface area contributed by atoms with Crippen LogP contribution in [0.15, 0.2) is 12.4 Å². The van der Waals surface area contributed by atoms with E-state index in [1.807, 2.05) is 0 Å². The topological polar surface area (TPSA) is 808 Å². The second kappa shape index (κ2) is 63.7. The minimum absolute atomic E-state index is 0.00504. The van der Waals surface area contributed by atoms with Crippen LogP contribution in [0.1, 0.15) is 75.6 Å². The molecule has 0 spiro atoms. The van der Waals surface area contributed by atoms with Gasteiger partial charge in [-0.2, -0.15) is 8.78 Å². The molecule has 0 saturated carbocycles. The number of carboxylic acid groups (broad SMARTS) is 2. The Kier molecular flexibility index (Phi) is 54.0. The van der Waals surface area contributed by atoms with Gasteiger partial charge in [0.25, 0.3) is 11.6 Å². The highest BCUT2D eigenvalue weighted by Gasteiger charge is 2.59. The monoisotopic (exact) mass is 2090 g/mol. The number of aliphatic hydroxyl groups is 16. The predicted octanol–water partition coefficient (Wildman–Crippen LogP) is -12.0. The summed E-state index contributed by atoms with van der Waals surface area (Å²) in [4.78, 5) is 113. The zero-order chi connectivity index (χ0) is 106. The molecule has 4 aliphatic heterocycles. The number of carbonyl (C=O) groups is 9. The molecular weight excluding hydrogens is 1960 g/mol. The maximum absolute atomic E-state index is 13.8. The van der Waals surface area contributed by atoms with Crippen molar-refractivity contribution < 1.29 is 238 Å². The van der Waals surface area contributed by atoms with Crippen LogP contribution in [0.3, 0.4) is 0 Å². The lowest BCUT2D eigenvalue weighted by atomic mass is 9.88. The Bertz CT molecular complexity index is 4360. The largest absolute Gasteiger partial charge is 0.477 e. The summed E-state index contributed by atoms with van der Waals surface area (Å²) in [6.07, 6.45) is -32.1. The molecule has 144 heavy (non-hydrogen) atoms. The summed E-state index contributed by atoms with van der Waals surface area (Å²) < 4.78 is 164. The lowest BCUT2D eigenvalue weighted by molar-refractivity contribution is -0.338. The van der Waals surface area contributed by atoms with E-state index in [1.165, 1.54) is 9.36 Å². The summed E-state index contributed by atoms with van der Waals surface area (Å²) in [7, 11) is 0. The Morgan fingerprint density at radius 3 is 1.24 bits per heavy atom. The predicted molar refractivity (Wildman–Crippen MR) is 459 cm³/mol. The molecular formula is C83H129F5N12O44. The van der Waals surface area contributed by atoms with Crippen LogP contribution in [0.4, 0.5) is 22.0 Å². The molecule has 3 aromatic rings. The number of aliphatic carboxylic acids is 2. The fourth-order valence-corrected chi connectivity index (χ4v) is 14.4. The molecule has 24 N–H and O–H groups in total. The van der Waals surface area contributed by atoms with Crippen LogP contribution < -0.4 is 36.6 Å².